The lowest BCUT2D eigenvalue weighted by molar-refractivity contribution is 0.306. The van der Waals surface area contributed by atoms with Crippen LogP contribution in [0.2, 0.25) is 10.0 Å². The summed E-state index contributed by atoms with van der Waals surface area (Å²) in [5, 5.41) is 1.10. The highest BCUT2D eigenvalue weighted by molar-refractivity contribution is 6.42. The lowest BCUT2D eigenvalue weighted by Gasteiger charge is -2.09. The number of hydrogen-bond acceptors (Lipinski definition) is 2. The first-order valence-corrected chi connectivity index (χ1v) is 7.30. The minimum absolute atomic E-state index is 0.469. The molecule has 0 amide bonds. The molecular weight excluding hydrogens is 293 g/mol. The minimum atomic E-state index is 0.469. The summed E-state index contributed by atoms with van der Waals surface area (Å²) in [4.78, 5) is 0. The third-order valence-electron chi connectivity index (χ3n) is 2.96. The molecule has 0 saturated heterocycles. The van der Waals surface area contributed by atoms with Gasteiger partial charge < -0.3 is 10.5 Å². The Morgan fingerprint density at radius 2 is 1.80 bits per heavy atom. The number of hydrogen-bond donors (Lipinski definition) is 1. The Kier molecular flexibility index (Phi) is 5.72. The molecule has 0 spiro atoms. The summed E-state index contributed by atoms with van der Waals surface area (Å²) in [6.45, 7) is 1.17. The smallest absolute Gasteiger partial charge is 0.120 e. The standard InChI is InChI=1S/C16H17Cl2NO/c17-15-7-6-13(10-16(15)18)11-20-14-5-1-3-12(9-14)4-2-8-19/h1,3,5-7,9-10H,2,4,8,11,19H2. The van der Waals surface area contributed by atoms with E-state index >= 15 is 0 Å². The van der Waals surface area contributed by atoms with Gasteiger partial charge in [0.15, 0.2) is 0 Å². The van der Waals surface area contributed by atoms with Gasteiger partial charge in [-0.3, -0.25) is 0 Å². The molecule has 0 aromatic heterocycles. The molecule has 2 aromatic carbocycles. The summed E-state index contributed by atoms with van der Waals surface area (Å²) in [6, 6.07) is 13.6. The van der Waals surface area contributed by atoms with E-state index in [4.69, 9.17) is 33.7 Å². The van der Waals surface area contributed by atoms with Gasteiger partial charge >= 0.3 is 0 Å². The van der Waals surface area contributed by atoms with E-state index in [-0.39, 0.29) is 0 Å². The van der Waals surface area contributed by atoms with Gasteiger partial charge in [-0.05, 0) is 54.8 Å². The summed E-state index contributed by atoms with van der Waals surface area (Å²) in [6.07, 6.45) is 1.96. The maximum Gasteiger partial charge on any atom is 0.120 e. The van der Waals surface area contributed by atoms with E-state index in [1.54, 1.807) is 6.07 Å². The lowest BCUT2D eigenvalue weighted by Crippen LogP contribution is -2.01. The van der Waals surface area contributed by atoms with Crippen LogP contribution in [0.1, 0.15) is 17.5 Å². The summed E-state index contributed by atoms with van der Waals surface area (Å²) < 4.78 is 5.77. The van der Waals surface area contributed by atoms with Crippen molar-refractivity contribution in [1.82, 2.24) is 0 Å². The molecular formula is C16H17Cl2NO. The summed E-state index contributed by atoms with van der Waals surface area (Å²) in [5.74, 6) is 0.852. The molecule has 4 heteroatoms. The van der Waals surface area contributed by atoms with Gasteiger partial charge in [-0.15, -0.1) is 0 Å². The van der Waals surface area contributed by atoms with Crippen LogP contribution in [0.25, 0.3) is 0 Å². The average Bonchev–Trinajstić information content (AvgIpc) is 2.47. The number of halogens is 2. The zero-order chi connectivity index (χ0) is 14.4. The number of ether oxygens (including phenoxy) is 1. The zero-order valence-corrected chi connectivity index (χ0v) is 12.6. The van der Waals surface area contributed by atoms with Crippen molar-refractivity contribution in [2.75, 3.05) is 6.54 Å². The summed E-state index contributed by atoms with van der Waals surface area (Å²) in [7, 11) is 0. The Labute approximate surface area is 129 Å². The molecule has 0 unspecified atom stereocenters. The average molecular weight is 310 g/mol. The van der Waals surface area contributed by atoms with Crippen molar-refractivity contribution in [1.29, 1.82) is 0 Å². The summed E-state index contributed by atoms with van der Waals surface area (Å²) >= 11 is 11.9. The molecule has 0 fully saturated rings. The van der Waals surface area contributed by atoms with Gasteiger partial charge in [-0.25, -0.2) is 0 Å². The SMILES string of the molecule is NCCCc1cccc(OCc2ccc(Cl)c(Cl)c2)c1. The summed E-state index contributed by atoms with van der Waals surface area (Å²) in [5.41, 5.74) is 7.75. The Morgan fingerprint density at radius 3 is 2.55 bits per heavy atom. The van der Waals surface area contributed by atoms with E-state index in [0.29, 0.717) is 23.2 Å². The first-order chi connectivity index (χ1) is 9.69. The number of benzene rings is 2. The maximum absolute atomic E-state index is 5.98. The highest BCUT2D eigenvalue weighted by Gasteiger charge is 2.01. The van der Waals surface area contributed by atoms with Crippen LogP contribution in [0, 0.1) is 0 Å². The predicted molar refractivity (Wildman–Crippen MR) is 84.6 cm³/mol. The molecule has 0 aliphatic rings. The first kappa shape index (κ1) is 15.2. The van der Waals surface area contributed by atoms with Crippen molar-refractivity contribution in [2.45, 2.75) is 19.4 Å². The van der Waals surface area contributed by atoms with Crippen molar-refractivity contribution in [2.24, 2.45) is 5.73 Å². The van der Waals surface area contributed by atoms with Crippen molar-refractivity contribution in [3.8, 4) is 5.75 Å². The van der Waals surface area contributed by atoms with E-state index in [2.05, 4.69) is 6.07 Å². The van der Waals surface area contributed by atoms with Crippen LogP contribution in [0.3, 0.4) is 0 Å². The Morgan fingerprint density at radius 1 is 0.950 bits per heavy atom. The monoisotopic (exact) mass is 309 g/mol. The van der Waals surface area contributed by atoms with Gasteiger partial charge in [-0.1, -0.05) is 41.4 Å². The first-order valence-electron chi connectivity index (χ1n) is 6.55. The quantitative estimate of drug-likeness (QED) is 0.854. The van der Waals surface area contributed by atoms with E-state index in [0.717, 1.165) is 24.2 Å². The fourth-order valence-electron chi connectivity index (χ4n) is 1.89. The molecule has 0 bridgehead atoms. The molecule has 2 aromatic rings. The van der Waals surface area contributed by atoms with Crippen LogP contribution in [-0.2, 0) is 13.0 Å². The van der Waals surface area contributed by atoms with Gasteiger partial charge in [0.05, 0.1) is 10.0 Å². The molecule has 2 nitrogen and oxygen atoms in total. The largest absolute Gasteiger partial charge is 0.489 e. The highest BCUT2D eigenvalue weighted by Crippen LogP contribution is 2.23. The predicted octanol–water partition coefficient (Wildman–Crippen LogP) is 4.46. The van der Waals surface area contributed by atoms with Gasteiger partial charge in [-0.2, -0.15) is 0 Å². The van der Waals surface area contributed by atoms with Crippen LogP contribution in [-0.4, -0.2) is 6.54 Å². The zero-order valence-electron chi connectivity index (χ0n) is 11.1. The van der Waals surface area contributed by atoms with Crippen LogP contribution in [0.5, 0.6) is 5.75 Å². The van der Waals surface area contributed by atoms with E-state index in [9.17, 15) is 0 Å². The molecule has 106 valence electrons. The highest BCUT2D eigenvalue weighted by atomic mass is 35.5. The van der Waals surface area contributed by atoms with Crippen molar-refractivity contribution >= 4 is 23.2 Å². The second-order valence-electron chi connectivity index (χ2n) is 4.58. The Bertz CT molecular complexity index is 572. The topological polar surface area (TPSA) is 35.2 Å². The van der Waals surface area contributed by atoms with Gasteiger partial charge in [0.25, 0.3) is 0 Å². The fourth-order valence-corrected chi connectivity index (χ4v) is 2.21. The molecule has 20 heavy (non-hydrogen) atoms. The van der Waals surface area contributed by atoms with Crippen LogP contribution >= 0.6 is 23.2 Å². The number of rotatable bonds is 6. The van der Waals surface area contributed by atoms with Gasteiger partial charge in [0, 0.05) is 0 Å². The van der Waals surface area contributed by atoms with Crippen molar-refractivity contribution < 1.29 is 4.74 Å². The van der Waals surface area contributed by atoms with Crippen LogP contribution < -0.4 is 10.5 Å². The van der Waals surface area contributed by atoms with Gasteiger partial charge in [0.1, 0.15) is 12.4 Å². The molecule has 0 heterocycles. The second-order valence-corrected chi connectivity index (χ2v) is 5.39. The lowest BCUT2D eigenvalue weighted by atomic mass is 10.1. The molecule has 0 aliphatic heterocycles. The molecule has 2 N–H and O–H groups in total. The normalized spacial score (nSPS) is 10.6. The van der Waals surface area contributed by atoms with Gasteiger partial charge in [0.2, 0.25) is 0 Å². The van der Waals surface area contributed by atoms with E-state index < -0.39 is 0 Å². The Hall–Kier alpha value is -1.22. The Balaban J connectivity index is 1.97. The van der Waals surface area contributed by atoms with E-state index in [1.165, 1.54) is 5.56 Å². The molecule has 0 radical (unpaired) electrons. The molecule has 2 rings (SSSR count). The fraction of sp³-hybridized carbons (Fsp3) is 0.250. The second kappa shape index (κ2) is 7.53. The maximum atomic E-state index is 5.98. The van der Waals surface area contributed by atoms with Crippen molar-refractivity contribution in [3.05, 3.63) is 63.6 Å². The number of aryl methyl sites for hydroxylation is 1. The minimum Gasteiger partial charge on any atom is -0.489 e. The molecule has 0 saturated carbocycles. The number of nitrogens with two attached hydrogens (primary N) is 1. The van der Waals surface area contributed by atoms with Crippen molar-refractivity contribution in [3.63, 3.8) is 0 Å². The third-order valence-corrected chi connectivity index (χ3v) is 3.70. The third kappa shape index (κ3) is 4.41. The molecule has 0 aliphatic carbocycles. The van der Waals surface area contributed by atoms with Crippen LogP contribution in [0.15, 0.2) is 42.5 Å². The molecule has 0 atom stereocenters. The van der Waals surface area contributed by atoms with E-state index in [1.807, 2.05) is 30.3 Å². The van der Waals surface area contributed by atoms with Crippen LogP contribution in [0.4, 0.5) is 0 Å².